The number of rotatable bonds is 5. The van der Waals surface area contributed by atoms with Crippen molar-refractivity contribution in [3.63, 3.8) is 0 Å². The molecule has 1 saturated heterocycles. The van der Waals surface area contributed by atoms with Crippen molar-refractivity contribution in [3.05, 3.63) is 18.1 Å². The highest BCUT2D eigenvalue weighted by atomic mass is 32.2. The average Bonchev–Trinajstić information content (AvgIpc) is 2.40. The lowest BCUT2D eigenvalue weighted by Gasteiger charge is -2.27. The molecule has 1 aliphatic heterocycles. The Hall–Kier alpha value is -0.650. The minimum Gasteiger partial charge on any atom is -0.317 e. The van der Waals surface area contributed by atoms with Crippen LogP contribution in [-0.2, 0) is 6.54 Å². The van der Waals surface area contributed by atoms with Crippen molar-refractivity contribution in [2.75, 3.05) is 32.9 Å². The van der Waals surface area contributed by atoms with E-state index in [9.17, 15) is 0 Å². The van der Waals surface area contributed by atoms with Gasteiger partial charge in [0.15, 0.2) is 0 Å². The molecule has 0 spiro atoms. The number of hydrogen-bond donors (Lipinski definition) is 1. The molecule has 0 bridgehead atoms. The molecule has 0 aromatic carbocycles. The molecule has 0 radical (unpaired) electrons. The first-order valence-electron chi connectivity index (χ1n) is 6.52. The van der Waals surface area contributed by atoms with Crippen LogP contribution >= 0.6 is 11.8 Å². The average molecular weight is 266 g/mol. The third-order valence-corrected chi connectivity index (χ3v) is 4.11. The summed E-state index contributed by atoms with van der Waals surface area (Å²) in [6.45, 7) is 4.39. The molecule has 0 atom stereocenters. The van der Waals surface area contributed by atoms with Crippen molar-refractivity contribution < 1.29 is 0 Å². The molecule has 1 fully saturated rings. The van der Waals surface area contributed by atoms with E-state index in [2.05, 4.69) is 33.5 Å². The SMILES string of the molecule is CSc1nccnc1CN(C)CC1CCNCC1. The summed E-state index contributed by atoms with van der Waals surface area (Å²) in [4.78, 5) is 11.2. The predicted octanol–water partition coefficient (Wildman–Crippen LogP) is 1.63. The standard InChI is InChI=1S/C13H22N4S/c1-17(9-11-3-5-14-6-4-11)10-12-13(18-2)16-8-7-15-12/h7-8,11,14H,3-6,9-10H2,1-2H3. The summed E-state index contributed by atoms with van der Waals surface area (Å²) in [7, 11) is 2.18. The van der Waals surface area contributed by atoms with E-state index in [0.29, 0.717) is 0 Å². The van der Waals surface area contributed by atoms with Gasteiger partial charge in [-0.3, -0.25) is 4.98 Å². The summed E-state index contributed by atoms with van der Waals surface area (Å²) >= 11 is 1.67. The van der Waals surface area contributed by atoms with E-state index in [0.717, 1.165) is 29.7 Å². The molecule has 1 aliphatic rings. The molecule has 2 rings (SSSR count). The van der Waals surface area contributed by atoms with E-state index in [-0.39, 0.29) is 0 Å². The van der Waals surface area contributed by atoms with Crippen molar-refractivity contribution in [1.82, 2.24) is 20.2 Å². The van der Waals surface area contributed by atoms with Gasteiger partial charge < -0.3 is 10.2 Å². The van der Waals surface area contributed by atoms with Crippen LogP contribution < -0.4 is 5.32 Å². The van der Waals surface area contributed by atoms with Crippen molar-refractivity contribution in [3.8, 4) is 0 Å². The fourth-order valence-electron chi connectivity index (χ4n) is 2.46. The third kappa shape index (κ3) is 3.93. The lowest BCUT2D eigenvalue weighted by molar-refractivity contribution is 0.231. The highest BCUT2D eigenvalue weighted by Crippen LogP contribution is 2.18. The number of piperidine rings is 1. The molecule has 0 unspecified atom stereocenters. The highest BCUT2D eigenvalue weighted by Gasteiger charge is 2.16. The maximum atomic E-state index is 4.45. The number of thioether (sulfide) groups is 1. The molecule has 1 aromatic heterocycles. The van der Waals surface area contributed by atoms with E-state index in [1.54, 1.807) is 24.2 Å². The van der Waals surface area contributed by atoms with Crippen molar-refractivity contribution >= 4 is 11.8 Å². The molecule has 0 aliphatic carbocycles. The summed E-state index contributed by atoms with van der Waals surface area (Å²) in [5.74, 6) is 0.825. The Kier molecular flexibility index (Phi) is 5.41. The van der Waals surface area contributed by atoms with Gasteiger partial charge in [0.1, 0.15) is 5.03 Å². The van der Waals surface area contributed by atoms with E-state index in [4.69, 9.17) is 0 Å². The third-order valence-electron chi connectivity index (χ3n) is 3.38. The van der Waals surface area contributed by atoms with Crippen LogP contribution in [0.5, 0.6) is 0 Å². The largest absolute Gasteiger partial charge is 0.317 e. The second kappa shape index (κ2) is 7.07. The van der Waals surface area contributed by atoms with Crippen molar-refractivity contribution in [1.29, 1.82) is 0 Å². The summed E-state index contributed by atoms with van der Waals surface area (Å²) < 4.78 is 0. The molecule has 1 aromatic rings. The maximum Gasteiger partial charge on any atom is 0.119 e. The van der Waals surface area contributed by atoms with Crippen molar-refractivity contribution in [2.24, 2.45) is 5.92 Å². The second-order valence-corrected chi connectivity index (χ2v) is 5.70. The number of nitrogens with zero attached hydrogens (tertiary/aromatic N) is 3. The Morgan fingerprint density at radius 1 is 1.33 bits per heavy atom. The normalized spacial score (nSPS) is 17.3. The number of aromatic nitrogens is 2. The number of hydrogen-bond acceptors (Lipinski definition) is 5. The Morgan fingerprint density at radius 3 is 2.78 bits per heavy atom. The minimum absolute atomic E-state index is 0.825. The van der Waals surface area contributed by atoms with Gasteiger partial charge in [-0.25, -0.2) is 4.98 Å². The van der Waals surface area contributed by atoms with Gasteiger partial charge in [0, 0.05) is 25.5 Å². The van der Waals surface area contributed by atoms with E-state index in [1.165, 1.54) is 25.9 Å². The zero-order valence-electron chi connectivity index (χ0n) is 11.2. The van der Waals surface area contributed by atoms with Gasteiger partial charge in [0.2, 0.25) is 0 Å². The zero-order valence-corrected chi connectivity index (χ0v) is 12.0. The monoisotopic (exact) mass is 266 g/mol. The molecule has 4 nitrogen and oxygen atoms in total. The first-order valence-corrected chi connectivity index (χ1v) is 7.75. The smallest absolute Gasteiger partial charge is 0.119 e. The fourth-order valence-corrected chi connectivity index (χ4v) is 2.98. The lowest BCUT2D eigenvalue weighted by Crippen LogP contribution is -2.34. The molecule has 0 amide bonds. The van der Waals surface area contributed by atoms with Crippen LogP contribution in [0, 0.1) is 5.92 Å². The second-order valence-electron chi connectivity index (χ2n) is 4.90. The van der Waals surface area contributed by atoms with Crippen LogP contribution in [0.4, 0.5) is 0 Å². The van der Waals surface area contributed by atoms with E-state index in [1.807, 2.05) is 0 Å². The van der Waals surface area contributed by atoms with Crippen LogP contribution in [0.25, 0.3) is 0 Å². The van der Waals surface area contributed by atoms with Gasteiger partial charge in [0.25, 0.3) is 0 Å². The van der Waals surface area contributed by atoms with Crippen molar-refractivity contribution in [2.45, 2.75) is 24.4 Å². The Balaban J connectivity index is 1.87. The Morgan fingerprint density at radius 2 is 2.06 bits per heavy atom. The van der Waals surface area contributed by atoms with E-state index < -0.39 is 0 Å². The predicted molar refractivity (Wildman–Crippen MR) is 75.7 cm³/mol. The van der Waals surface area contributed by atoms with Gasteiger partial charge >= 0.3 is 0 Å². The van der Waals surface area contributed by atoms with Gasteiger partial charge in [-0.1, -0.05) is 0 Å². The van der Waals surface area contributed by atoms with Gasteiger partial charge in [-0.05, 0) is 45.2 Å². The highest BCUT2D eigenvalue weighted by molar-refractivity contribution is 7.98. The van der Waals surface area contributed by atoms with Crippen LogP contribution in [0.15, 0.2) is 17.4 Å². The zero-order chi connectivity index (χ0) is 12.8. The van der Waals surface area contributed by atoms with E-state index >= 15 is 0 Å². The fraction of sp³-hybridized carbons (Fsp3) is 0.692. The molecule has 18 heavy (non-hydrogen) atoms. The molecule has 5 heteroatoms. The lowest BCUT2D eigenvalue weighted by atomic mass is 9.98. The summed E-state index contributed by atoms with van der Waals surface area (Å²) in [5.41, 5.74) is 1.10. The van der Waals surface area contributed by atoms with Gasteiger partial charge in [-0.15, -0.1) is 11.8 Å². The Bertz CT molecular complexity index is 366. The van der Waals surface area contributed by atoms with Crippen LogP contribution in [0.3, 0.4) is 0 Å². The molecule has 0 saturated carbocycles. The summed E-state index contributed by atoms with van der Waals surface area (Å²) in [5, 5.41) is 4.46. The first-order chi connectivity index (χ1) is 8.79. The molecule has 2 heterocycles. The first kappa shape index (κ1) is 13.8. The van der Waals surface area contributed by atoms with Crippen LogP contribution in [-0.4, -0.2) is 47.8 Å². The van der Waals surface area contributed by atoms with Crippen LogP contribution in [0.1, 0.15) is 18.5 Å². The summed E-state index contributed by atoms with van der Waals surface area (Å²) in [6.07, 6.45) is 8.19. The number of nitrogens with one attached hydrogen (secondary N) is 1. The molecular weight excluding hydrogens is 244 g/mol. The van der Waals surface area contributed by atoms with Crippen LogP contribution in [0.2, 0.25) is 0 Å². The summed E-state index contributed by atoms with van der Waals surface area (Å²) in [6, 6.07) is 0. The topological polar surface area (TPSA) is 41.1 Å². The molecule has 1 N–H and O–H groups in total. The molecular formula is C13H22N4S. The minimum atomic E-state index is 0.825. The van der Waals surface area contributed by atoms with Gasteiger partial charge in [-0.2, -0.15) is 0 Å². The Labute approximate surface area is 114 Å². The molecule has 100 valence electrons. The maximum absolute atomic E-state index is 4.45. The van der Waals surface area contributed by atoms with Gasteiger partial charge in [0.05, 0.1) is 5.69 Å². The quantitative estimate of drug-likeness (QED) is 0.820.